The molecule has 1 aliphatic carbocycles. The molecule has 0 bridgehead atoms. The first-order valence-corrected chi connectivity index (χ1v) is 9.40. The molecule has 8 heteroatoms. The molecular weight excluding hydrogens is 356 g/mol. The first-order chi connectivity index (χ1) is 13.5. The molecule has 1 aliphatic heterocycles. The number of Topliss-reactive ketones (excluding diaryl/α,β-unsaturated/α-hetero) is 1. The van der Waals surface area contributed by atoms with E-state index in [4.69, 9.17) is 0 Å². The van der Waals surface area contributed by atoms with Gasteiger partial charge in [-0.05, 0) is 25.0 Å². The van der Waals surface area contributed by atoms with Crippen LogP contribution in [-0.4, -0.2) is 47.7 Å². The summed E-state index contributed by atoms with van der Waals surface area (Å²) in [5.41, 5.74) is 3.12. The van der Waals surface area contributed by atoms with Crippen molar-refractivity contribution in [2.24, 2.45) is 7.05 Å². The summed E-state index contributed by atoms with van der Waals surface area (Å²) in [6.45, 7) is 3.02. The molecule has 3 aromatic rings. The lowest BCUT2D eigenvalue weighted by Gasteiger charge is -2.33. The SMILES string of the molecule is C[C@H]1CN(C(=O)c2cccc3c2CCC3=O)Cc2nnc(-c3cnn(C)c3)n21. The van der Waals surface area contributed by atoms with Gasteiger partial charge in [-0.2, -0.15) is 5.10 Å². The number of aromatic nitrogens is 5. The van der Waals surface area contributed by atoms with Gasteiger partial charge in [-0.15, -0.1) is 10.2 Å². The zero-order valence-electron chi connectivity index (χ0n) is 15.8. The highest BCUT2D eigenvalue weighted by Gasteiger charge is 2.32. The zero-order valence-corrected chi connectivity index (χ0v) is 15.8. The van der Waals surface area contributed by atoms with Crippen LogP contribution < -0.4 is 0 Å². The second-order valence-electron chi connectivity index (χ2n) is 7.50. The van der Waals surface area contributed by atoms with E-state index >= 15 is 0 Å². The smallest absolute Gasteiger partial charge is 0.254 e. The van der Waals surface area contributed by atoms with Gasteiger partial charge in [-0.1, -0.05) is 12.1 Å². The number of aryl methyl sites for hydroxylation is 1. The molecular formula is C20H20N6O2. The van der Waals surface area contributed by atoms with Crippen LogP contribution in [0.3, 0.4) is 0 Å². The van der Waals surface area contributed by atoms with Gasteiger partial charge in [0.15, 0.2) is 17.4 Å². The molecule has 0 spiro atoms. The largest absolute Gasteiger partial charge is 0.329 e. The lowest BCUT2D eigenvalue weighted by atomic mass is 10.0. The average Bonchev–Trinajstić information content (AvgIpc) is 3.40. The van der Waals surface area contributed by atoms with Crippen LogP contribution in [0, 0.1) is 0 Å². The Balaban J connectivity index is 1.47. The molecule has 2 aromatic heterocycles. The van der Waals surface area contributed by atoms with Crippen LogP contribution in [0.4, 0.5) is 0 Å². The molecule has 5 rings (SSSR count). The van der Waals surface area contributed by atoms with Crippen LogP contribution in [0.1, 0.15) is 51.5 Å². The maximum Gasteiger partial charge on any atom is 0.254 e. The fourth-order valence-electron chi connectivity index (χ4n) is 4.28. The van der Waals surface area contributed by atoms with Crippen LogP contribution >= 0.6 is 0 Å². The van der Waals surface area contributed by atoms with Gasteiger partial charge >= 0.3 is 0 Å². The van der Waals surface area contributed by atoms with Gasteiger partial charge in [0.1, 0.15) is 0 Å². The second kappa shape index (κ2) is 6.12. The molecule has 0 unspecified atom stereocenters. The highest BCUT2D eigenvalue weighted by molar-refractivity contribution is 6.05. The van der Waals surface area contributed by atoms with E-state index in [1.165, 1.54) is 0 Å². The number of amides is 1. The maximum atomic E-state index is 13.2. The van der Waals surface area contributed by atoms with E-state index in [0.717, 1.165) is 22.8 Å². The van der Waals surface area contributed by atoms with E-state index in [9.17, 15) is 9.59 Å². The Labute approximate surface area is 161 Å². The predicted molar refractivity (Wildman–Crippen MR) is 101 cm³/mol. The molecule has 1 amide bonds. The first-order valence-electron chi connectivity index (χ1n) is 9.40. The lowest BCUT2D eigenvalue weighted by molar-refractivity contribution is 0.0681. The van der Waals surface area contributed by atoms with Crippen molar-refractivity contribution in [2.45, 2.75) is 32.4 Å². The number of rotatable bonds is 2. The Hall–Kier alpha value is -3.29. The van der Waals surface area contributed by atoms with Gasteiger partial charge in [0.2, 0.25) is 0 Å². The minimum absolute atomic E-state index is 0.0382. The van der Waals surface area contributed by atoms with Crippen molar-refractivity contribution in [3.8, 4) is 11.4 Å². The Morgan fingerprint density at radius 1 is 1.21 bits per heavy atom. The Bertz CT molecular complexity index is 1110. The number of benzene rings is 1. The Kier molecular flexibility index (Phi) is 3.68. The summed E-state index contributed by atoms with van der Waals surface area (Å²) in [7, 11) is 1.86. The van der Waals surface area contributed by atoms with E-state index in [1.807, 2.05) is 25.4 Å². The van der Waals surface area contributed by atoms with Crippen molar-refractivity contribution in [3.05, 3.63) is 53.1 Å². The number of nitrogens with zero attached hydrogens (tertiary/aromatic N) is 6. The molecule has 0 fully saturated rings. The third-order valence-corrected chi connectivity index (χ3v) is 5.58. The molecule has 28 heavy (non-hydrogen) atoms. The number of carbonyl (C=O) groups is 2. The molecule has 142 valence electrons. The monoisotopic (exact) mass is 376 g/mol. The van der Waals surface area contributed by atoms with Crippen LogP contribution in [0.15, 0.2) is 30.6 Å². The van der Waals surface area contributed by atoms with Crippen LogP contribution in [0.2, 0.25) is 0 Å². The minimum atomic E-state index is -0.0458. The van der Waals surface area contributed by atoms with Crippen molar-refractivity contribution in [3.63, 3.8) is 0 Å². The molecule has 1 aromatic carbocycles. The van der Waals surface area contributed by atoms with Gasteiger partial charge in [0, 0.05) is 37.3 Å². The molecule has 8 nitrogen and oxygen atoms in total. The van der Waals surface area contributed by atoms with Gasteiger partial charge in [-0.3, -0.25) is 14.3 Å². The summed E-state index contributed by atoms with van der Waals surface area (Å²) in [5.74, 6) is 1.61. The van der Waals surface area contributed by atoms with Crippen molar-refractivity contribution >= 4 is 11.7 Å². The van der Waals surface area contributed by atoms with E-state index in [-0.39, 0.29) is 17.7 Å². The lowest BCUT2D eigenvalue weighted by Crippen LogP contribution is -2.40. The average molecular weight is 376 g/mol. The fraction of sp³-hybridized carbons (Fsp3) is 0.350. The van der Waals surface area contributed by atoms with Crippen LogP contribution in [-0.2, 0) is 20.0 Å². The summed E-state index contributed by atoms with van der Waals surface area (Å²) in [4.78, 5) is 27.1. The fourth-order valence-corrected chi connectivity index (χ4v) is 4.28. The molecule has 0 saturated carbocycles. The van der Waals surface area contributed by atoms with Crippen molar-refractivity contribution in [1.82, 2.24) is 29.4 Å². The topological polar surface area (TPSA) is 85.9 Å². The zero-order chi connectivity index (χ0) is 19.4. The quantitative estimate of drug-likeness (QED) is 0.683. The summed E-state index contributed by atoms with van der Waals surface area (Å²) < 4.78 is 3.82. The standard InChI is InChI=1S/C20H20N6O2/c1-12-9-25(20(28)16-5-3-4-15-14(16)6-7-17(15)27)11-18-22-23-19(26(12)18)13-8-21-24(2)10-13/h3-5,8,10,12H,6-7,9,11H2,1-2H3/t12-/m0/s1. The second-order valence-corrected chi connectivity index (χ2v) is 7.50. The molecule has 1 atom stereocenters. The molecule has 0 radical (unpaired) electrons. The molecule has 0 N–H and O–H groups in total. The third-order valence-electron chi connectivity index (χ3n) is 5.58. The normalized spacial score (nSPS) is 18.3. The Morgan fingerprint density at radius 2 is 2.07 bits per heavy atom. The van der Waals surface area contributed by atoms with Crippen molar-refractivity contribution < 1.29 is 9.59 Å². The van der Waals surface area contributed by atoms with Gasteiger partial charge in [0.05, 0.1) is 24.3 Å². The molecule has 0 saturated heterocycles. The van der Waals surface area contributed by atoms with E-state index < -0.39 is 0 Å². The summed E-state index contributed by atoms with van der Waals surface area (Å²) >= 11 is 0. The Morgan fingerprint density at radius 3 is 2.86 bits per heavy atom. The van der Waals surface area contributed by atoms with Gasteiger partial charge in [0.25, 0.3) is 5.91 Å². The van der Waals surface area contributed by atoms with E-state index in [1.54, 1.807) is 21.8 Å². The third kappa shape index (κ3) is 2.48. The van der Waals surface area contributed by atoms with E-state index in [0.29, 0.717) is 37.1 Å². The highest BCUT2D eigenvalue weighted by atomic mass is 16.2. The first kappa shape index (κ1) is 16.9. The highest BCUT2D eigenvalue weighted by Crippen LogP contribution is 2.30. The van der Waals surface area contributed by atoms with E-state index in [2.05, 4.69) is 26.8 Å². The minimum Gasteiger partial charge on any atom is -0.329 e. The molecule has 2 aliphatic rings. The summed E-state index contributed by atoms with van der Waals surface area (Å²) in [5, 5.41) is 12.9. The number of ketones is 1. The predicted octanol–water partition coefficient (Wildman–Crippen LogP) is 2.02. The van der Waals surface area contributed by atoms with Gasteiger partial charge in [-0.25, -0.2) is 0 Å². The van der Waals surface area contributed by atoms with Crippen molar-refractivity contribution in [2.75, 3.05) is 6.54 Å². The van der Waals surface area contributed by atoms with Gasteiger partial charge < -0.3 is 9.47 Å². The molecule has 3 heterocycles. The number of hydrogen-bond acceptors (Lipinski definition) is 5. The number of fused-ring (bicyclic) bond motifs is 2. The number of hydrogen-bond donors (Lipinski definition) is 0. The summed E-state index contributed by atoms with van der Waals surface area (Å²) in [6.07, 6.45) is 4.80. The van der Waals surface area contributed by atoms with Crippen molar-refractivity contribution in [1.29, 1.82) is 0 Å². The number of carbonyl (C=O) groups excluding carboxylic acids is 2. The van der Waals surface area contributed by atoms with Crippen LogP contribution in [0.5, 0.6) is 0 Å². The maximum absolute atomic E-state index is 13.2. The summed E-state index contributed by atoms with van der Waals surface area (Å²) in [6, 6.07) is 5.48. The van der Waals surface area contributed by atoms with Crippen LogP contribution in [0.25, 0.3) is 11.4 Å².